The molecule has 1 unspecified atom stereocenters. The van der Waals surface area contributed by atoms with Gasteiger partial charge in [0.05, 0.1) is 6.10 Å². The van der Waals surface area contributed by atoms with Gasteiger partial charge in [-0.2, -0.15) is 0 Å². The minimum absolute atomic E-state index is 0. The van der Waals surface area contributed by atoms with E-state index in [9.17, 15) is 9.90 Å². The van der Waals surface area contributed by atoms with E-state index in [1.807, 2.05) is 13.8 Å². The van der Waals surface area contributed by atoms with E-state index in [-0.39, 0.29) is 45.9 Å². The van der Waals surface area contributed by atoms with E-state index in [2.05, 4.69) is 0 Å². The van der Waals surface area contributed by atoms with Crippen molar-refractivity contribution in [3.63, 3.8) is 0 Å². The molecular formula is C11H20AgO3. The number of ether oxygens (including phenoxy) is 1. The molecule has 0 aromatic heterocycles. The van der Waals surface area contributed by atoms with Crippen LogP contribution in [0.3, 0.4) is 0 Å². The fourth-order valence-electron chi connectivity index (χ4n) is 0.908. The summed E-state index contributed by atoms with van der Waals surface area (Å²) in [5.41, 5.74) is 0. The number of aliphatic hydroxyl groups excluding tert-OH is 1. The quantitative estimate of drug-likeness (QED) is 0.482. The molecule has 93 valence electrons. The zero-order chi connectivity index (χ0) is 11.3. The van der Waals surface area contributed by atoms with Crippen molar-refractivity contribution in [2.75, 3.05) is 0 Å². The smallest absolute Gasteiger partial charge is 0.161 e. The molecule has 1 N–H and O–H groups in total. The Bertz CT molecular complexity index is 222. The van der Waals surface area contributed by atoms with E-state index in [1.54, 1.807) is 20.8 Å². The van der Waals surface area contributed by atoms with Crippen LogP contribution in [0.25, 0.3) is 0 Å². The van der Waals surface area contributed by atoms with Crippen LogP contribution in [0.1, 0.15) is 34.6 Å². The van der Waals surface area contributed by atoms with Crippen LogP contribution in [0.15, 0.2) is 11.8 Å². The summed E-state index contributed by atoms with van der Waals surface area (Å²) in [7, 11) is 0. The van der Waals surface area contributed by atoms with Gasteiger partial charge in [0.25, 0.3) is 0 Å². The van der Waals surface area contributed by atoms with E-state index >= 15 is 0 Å². The average molecular weight is 308 g/mol. The summed E-state index contributed by atoms with van der Waals surface area (Å²) in [5, 5.41) is 9.50. The molecule has 0 bridgehead atoms. The van der Waals surface area contributed by atoms with Gasteiger partial charge >= 0.3 is 0 Å². The second-order valence-electron chi connectivity index (χ2n) is 3.95. The normalized spacial score (nSPS) is 13.9. The van der Waals surface area contributed by atoms with E-state index < -0.39 is 6.10 Å². The Morgan fingerprint density at radius 2 is 1.67 bits per heavy atom. The van der Waals surface area contributed by atoms with Gasteiger partial charge in [0.1, 0.15) is 11.9 Å². The van der Waals surface area contributed by atoms with Crippen LogP contribution in [0.5, 0.6) is 0 Å². The third-order valence-corrected chi connectivity index (χ3v) is 1.75. The van der Waals surface area contributed by atoms with Gasteiger partial charge in [0.15, 0.2) is 5.78 Å². The van der Waals surface area contributed by atoms with Crippen molar-refractivity contribution in [1.82, 2.24) is 0 Å². The first-order valence-electron chi connectivity index (χ1n) is 4.94. The number of allylic oxidation sites excluding steroid dienone is 1. The van der Waals surface area contributed by atoms with Crippen molar-refractivity contribution in [2.24, 2.45) is 5.92 Å². The van der Waals surface area contributed by atoms with Gasteiger partial charge in [-0.1, -0.05) is 13.8 Å². The van der Waals surface area contributed by atoms with Crippen molar-refractivity contribution in [3.8, 4) is 0 Å². The predicted octanol–water partition coefficient (Wildman–Crippen LogP) is 2.46. The molecule has 1 atom stereocenters. The molecule has 0 aliphatic carbocycles. The van der Waals surface area contributed by atoms with Crippen molar-refractivity contribution in [1.29, 1.82) is 0 Å². The van der Waals surface area contributed by atoms with Crippen molar-refractivity contribution in [2.45, 2.75) is 46.8 Å². The van der Waals surface area contributed by atoms with Gasteiger partial charge in [0, 0.05) is 34.4 Å². The first-order valence-corrected chi connectivity index (χ1v) is 4.94. The Kier molecular flexibility index (Phi) is 9.36. The van der Waals surface area contributed by atoms with Gasteiger partial charge in [-0.3, -0.25) is 4.79 Å². The van der Waals surface area contributed by atoms with E-state index in [1.165, 1.54) is 6.08 Å². The van der Waals surface area contributed by atoms with Crippen molar-refractivity contribution >= 4 is 5.78 Å². The van der Waals surface area contributed by atoms with Crippen LogP contribution in [-0.4, -0.2) is 23.1 Å². The van der Waals surface area contributed by atoms with Crippen molar-refractivity contribution in [3.05, 3.63) is 11.8 Å². The minimum Gasteiger partial charge on any atom is -0.509 e. The number of hydrogen-bond donors (Lipinski definition) is 1. The van der Waals surface area contributed by atoms with Crippen LogP contribution in [-0.2, 0) is 31.9 Å². The minimum atomic E-state index is -0.419. The number of carbonyl (C=O) groups is 1. The van der Waals surface area contributed by atoms with Crippen LogP contribution in [0, 0.1) is 5.92 Å². The number of ketones is 1. The molecular weight excluding hydrogens is 288 g/mol. The van der Waals surface area contributed by atoms with Gasteiger partial charge in [0.2, 0.25) is 0 Å². The van der Waals surface area contributed by atoms with Crippen LogP contribution < -0.4 is 0 Å². The molecule has 3 nitrogen and oxygen atoms in total. The Balaban J connectivity index is 0. The number of aliphatic hydroxyl groups is 1. The molecule has 0 rings (SSSR count). The predicted molar refractivity (Wildman–Crippen MR) is 56.2 cm³/mol. The van der Waals surface area contributed by atoms with Gasteiger partial charge in [-0.15, -0.1) is 0 Å². The third-order valence-electron chi connectivity index (χ3n) is 1.75. The molecule has 0 saturated heterocycles. The molecule has 15 heavy (non-hydrogen) atoms. The summed E-state index contributed by atoms with van der Waals surface area (Å²) in [4.78, 5) is 11.3. The largest absolute Gasteiger partial charge is 0.509 e. The number of rotatable bonds is 5. The Morgan fingerprint density at radius 1 is 1.20 bits per heavy atom. The number of carbonyl (C=O) groups excluding carboxylic acids is 1. The molecule has 0 aromatic carbocycles. The first kappa shape index (κ1) is 17.3. The zero-order valence-electron chi connectivity index (χ0n) is 9.87. The van der Waals surface area contributed by atoms with Gasteiger partial charge < -0.3 is 9.84 Å². The molecule has 0 heterocycles. The van der Waals surface area contributed by atoms with Crippen LogP contribution in [0.4, 0.5) is 0 Å². The Hall–Kier alpha value is -0.0897. The fourth-order valence-corrected chi connectivity index (χ4v) is 0.908. The van der Waals surface area contributed by atoms with E-state index in [0.29, 0.717) is 0 Å². The SMILES string of the molecule is CC(C)OC(C)/C(O)=C/C(=O)C(C)C.[Ag]. The summed E-state index contributed by atoms with van der Waals surface area (Å²) >= 11 is 0. The molecule has 0 saturated carbocycles. The van der Waals surface area contributed by atoms with E-state index in [4.69, 9.17) is 4.74 Å². The maximum atomic E-state index is 11.3. The topological polar surface area (TPSA) is 46.5 Å². The maximum Gasteiger partial charge on any atom is 0.161 e. The summed E-state index contributed by atoms with van der Waals surface area (Å²) in [6.45, 7) is 9.07. The summed E-state index contributed by atoms with van der Waals surface area (Å²) in [5.74, 6) is -0.178. The molecule has 0 aliphatic rings. The maximum absolute atomic E-state index is 11.3. The molecule has 0 fully saturated rings. The van der Waals surface area contributed by atoms with Crippen LogP contribution >= 0.6 is 0 Å². The molecule has 1 radical (unpaired) electrons. The molecule has 0 aliphatic heterocycles. The average Bonchev–Trinajstić information content (AvgIpc) is 2.02. The second-order valence-corrected chi connectivity index (χ2v) is 3.95. The van der Waals surface area contributed by atoms with Gasteiger partial charge in [-0.05, 0) is 20.8 Å². The summed E-state index contributed by atoms with van der Waals surface area (Å²) < 4.78 is 5.32. The standard InChI is InChI=1S/C11H20O3.Ag/c1-7(2)10(12)6-11(13)9(5)14-8(3)4;/h6-9,13H,1-5H3;/b11-6-;. The van der Waals surface area contributed by atoms with E-state index in [0.717, 1.165) is 0 Å². The summed E-state index contributed by atoms with van der Waals surface area (Å²) in [6, 6.07) is 0. The van der Waals surface area contributed by atoms with Gasteiger partial charge in [-0.25, -0.2) is 0 Å². The first-order chi connectivity index (χ1) is 6.34. The monoisotopic (exact) mass is 307 g/mol. The third kappa shape index (κ3) is 7.80. The summed E-state index contributed by atoms with van der Waals surface area (Å²) in [6.07, 6.45) is 0.866. The molecule has 0 aromatic rings. The Labute approximate surface area is 107 Å². The second kappa shape index (κ2) is 8.11. The molecule has 0 amide bonds. The van der Waals surface area contributed by atoms with Crippen LogP contribution in [0.2, 0.25) is 0 Å². The Morgan fingerprint density at radius 3 is 2.00 bits per heavy atom. The zero-order valence-corrected chi connectivity index (χ0v) is 11.4. The number of hydrogen-bond acceptors (Lipinski definition) is 3. The molecule has 4 heteroatoms. The van der Waals surface area contributed by atoms with Crippen molar-refractivity contribution < 1.29 is 37.0 Å². The fraction of sp³-hybridized carbons (Fsp3) is 0.727. The molecule has 0 spiro atoms.